The van der Waals surface area contributed by atoms with Gasteiger partial charge in [0.15, 0.2) is 5.78 Å². The van der Waals surface area contributed by atoms with Gasteiger partial charge >= 0.3 is 0 Å². The SMILES string of the molecule is O=C1CCc2cc(OC3CCC3)ccc21. The molecule has 78 valence electrons. The minimum absolute atomic E-state index is 0.278. The molecule has 0 spiro atoms. The highest BCUT2D eigenvalue weighted by Crippen LogP contribution is 2.29. The van der Waals surface area contributed by atoms with Crippen LogP contribution < -0.4 is 4.74 Å². The van der Waals surface area contributed by atoms with Crippen LogP contribution in [0.15, 0.2) is 18.2 Å². The summed E-state index contributed by atoms with van der Waals surface area (Å²) in [6.07, 6.45) is 5.61. The lowest BCUT2D eigenvalue weighted by Gasteiger charge is -2.26. The van der Waals surface area contributed by atoms with Crippen molar-refractivity contribution in [1.29, 1.82) is 0 Å². The summed E-state index contributed by atoms with van der Waals surface area (Å²) < 4.78 is 5.80. The maximum Gasteiger partial charge on any atom is 0.163 e. The Kier molecular flexibility index (Phi) is 2.01. The monoisotopic (exact) mass is 202 g/mol. The van der Waals surface area contributed by atoms with E-state index in [0.717, 1.165) is 23.3 Å². The molecule has 0 bridgehead atoms. The Morgan fingerprint density at radius 2 is 2.07 bits per heavy atom. The first kappa shape index (κ1) is 8.96. The Balaban J connectivity index is 1.82. The van der Waals surface area contributed by atoms with Gasteiger partial charge in [0.1, 0.15) is 5.75 Å². The zero-order chi connectivity index (χ0) is 10.3. The van der Waals surface area contributed by atoms with Crippen LogP contribution in [-0.4, -0.2) is 11.9 Å². The van der Waals surface area contributed by atoms with Crippen molar-refractivity contribution in [3.05, 3.63) is 29.3 Å². The van der Waals surface area contributed by atoms with Gasteiger partial charge in [0.25, 0.3) is 0 Å². The fourth-order valence-electron chi connectivity index (χ4n) is 2.19. The second kappa shape index (κ2) is 3.37. The highest BCUT2D eigenvalue weighted by atomic mass is 16.5. The summed E-state index contributed by atoms with van der Waals surface area (Å²) in [5, 5.41) is 0. The smallest absolute Gasteiger partial charge is 0.163 e. The molecule has 2 aliphatic rings. The van der Waals surface area contributed by atoms with Gasteiger partial charge in [-0.2, -0.15) is 0 Å². The van der Waals surface area contributed by atoms with Gasteiger partial charge in [0.05, 0.1) is 6.10 Å². The third kappa shape index (κ3) is 1.54. The van der Waals surface area contributed by atoms with E-state index in [9.17, 15) is 4.79 Å². The molecule has 2 nitrogen and oxygen atoms in total. The summed E-state index contributed by atoms with van der Waals surface area (Å²) in [5.41, 5.74) is 2.06. The van der Waals surface area contributed by atoms with Crippen LogP contribution in [0.5, 0.6) is 5.75 Å². The molecule has 0 aliphatic heterocycles. The number of fused-ring (bicyclic) bond motifs is 1. The molecule has 0 heterocycles. The molecule has 1 saturated carbocycles. The van der Waals surface area contributed by atoms with Crippen molar-refractivity contribution in [3.8, 4) is 5.75 Å². The summed E-state index contributed by atoms with van der Waals surface area (Å²) in [6, 6.07) is 5.89. The van der Waals surface area contributed by atoms with Crippen LogP contribution in [0.4, 0.5) is 0 Å². The molecule has 1 aromatic carbocycles. The number of ether oxygens (including phenoxy) is 1. The van der Waals surface area contributed by atoms with Gasteiger partial charge in [0, 0.05) is 12.0 Å². The highest BCUT2D eigenvalue weighted by Gasteiger charge is 2.22. The summed E-state index contributed by atoms with van der Waals surface area (Å²) in [5.74, 6) is 1.22. The first-order chi connectivity index (χ1) is 7.33. The predicted octanol–water partition coefficient (Wildman–Crippen LogP) is 2.75. The van der Waals surface area contributed by atoms with Gasteiger partial charge in [-0.25, -0.2) is 0 Å². The lowest BCUT2D eigenvalue weighted by Crippen LogP contribution is -2.24. The number of benzene rings is 1. The Bertz CT molecular complexity index is 405. The number of hydrogen-bond donors (Lipinski definition) is 0. The molecule has 0 amide bonds. The fourth-order valence-corrected chi connectivity index (χ4v) is 2.19. The Labute approximate surface area is 89.2 Å². The van der Waals surface area contributed by atoms with Crippen molar-refractivity contribution in [2.75, 3.05) is 0 Å². The average Bonchev–Trinajstić information content (AvgIpc) is 2.54. The highest BCUT2D eigenvalue weighted by molar-refractivity contribution is 6.00. The van der Waals surface area contributed by atoms with E-state index in [1.54, 1.807) is 0 Å². The zero-order valence-corrected chi connectivity index (χ0v) is 8.66. The van der Waals surface area contributed by atoms with E-state index in [2.05, 4.69) is 0 Å². The van der Waals surface area contributed by atoms with E-state index in [0.29, 0.717) is 12.5 Å². The quantitative estimate of drug-likeness (QED) is 0.737. The van der Waals surface area contributed by atoms with E-state index < -0.39 is 0 Å². The molecule has 0 saturated heterocycles. The molecular weight excluding hydrogens is 188 g/mol. The maximum atomic E-state index is 11.4. The molecule has 0 unspecified atom stereocenters. The number of rotatable bonds is 2. The van der Waals surface area contributed by atoms with Crippen LogP contribution in [0.1, 0.15) is 41.6 Å². The number of carbonyl (C=O) groups is 1. The molecule has 2 aliphatic carbocycles. The molecule has 0 N–H and O–H groups in total. The fraction of sp³-hybridized carbons (Fsp3) is 0.462. The van der Waals surface area contributed by atoms with Crippen LogP contribution in [0.3, 0.4) is 0 Å². The molecular formula is C13H14O2. The Morgan fingerprint density at radius 1 is 1.20 bits per heavy atom. The van der Waals surface area contributed by atoms with Crippen molar-refractivity contribution >= 4 is 5.78 Å². The van der Waals surface area contributed by atoms with Gasteiger partial charge in [-0.3, -0.25) is 4.79 Å². The third-order valence-electron chi connectivity index (χ3n) is 3.35. The topological polar surface area (TPSA) is 26.3 Å². The minimum atomic E-state index is 0.278. The maximum absolute atomic E-state index is 11.4. The number of Topliss-reactive ketones (excluding diaryl/α,β-unsaturated/α-hetero) is 1. The molecule has 0 aromatic heterocycles. The number of aryl methyl sites for hydroxylation is 1. The van der Waals surface area contributed by atoms with Gasteiger partial charge < -0.3 is 4.74 Å². The molecule has 2 heteroatoms. The summed E-state index contributed by atoms with van der Waals surface area (Å²) in [6.45, 7) is 0. The molecule has 1 fully saturated rings. The second-order valence-electron chi connectivity index (χ2n) is 4.41. The Morgan fingerprint density at radius 3 is 2.80 bits per heavy atom. The zero-order valence-electron chi connectivity index (χ0n) is 8.66. The molecule has 0 atom stereocenters. The van der Waals surface area contributed by atoms with E-state index in [4.69, 9.17) is 4.74 Å². The van der Waals surface area contributed by atoms with E-state index >= 15 is 0 Å². The Hall–Kier alpha value is -1.31. The largest absolute Gasteiger partial charge is 0.490 e. The van der Waals surface area contributed by atoms with Crippen molar-refractivity contribution in [1.82, 2.24) is 0 Å². The molecule has 1 aromatic rings. The van der Waals surface area contributed by atoms with Gasteiger partial charge in [0.2, 0.25) is 0 Å². The van der Waals surface area contributed by atoms with Gasteiger partial charge in [-0.1, -0.05) is 0 Å². The van der Waals surface area contributed by atoms with Crippen LogP contribution in [-0.2, 0) is 6.42 Å². The lowest BCUT2D eigenvalue weighted by molar-refractivity contribution is 0.0994. The second-order valence-corrected chi connectivity index (χ2v) is 4.41. The normalized spacial score (nSPS) is 19.9. The van der Waals surface area contributed by atoms with Crippen molar-refractivity contribution in [3.63, 3.8) is 0 Å². The number of hydrogen-bond acceptors (Lipinski definition) is 2. The molecule has 3 rings (SSSR count). The van der Waals surface area contributed by atoms with Crippen LogP contribution in [0.2, 0.25) is 0 Å². The minimum Gasteiger partial charge on any atom is -0.490 e. The van der Waals surface area contributed by atoms with Crippen LogP contribution in [0, 0.1) is 0 Å². The van der Waals surface area contributed by atoms with Crippen molar-refractivity contribution in [2.24, 2.45) is 0 Å². The summed E-state index contributed by atoms with van der Waals surface area (Å²) in [4.78, 5) is 11.4. The first-order valence-corrected chi connectivity index (χ1v) is 5.66. The lowest BCUT2D eigenvalue weighted by atomic mass is 9.96. The van der Waals surface area contributed by atoms with E-state index in [1.807, 2.05) is 18.2 Å². The summed E-state index contributed by atoms with van der Waals surface area (Å²) in [7, 11) is 0. The van der Waals surface area contributed by atoms with E-state index in [-0.39, 0.29) is 5.78 Å². The average molecular weight is 202 g/mol. The van der Waals surface area contributed by atoms with Gasteiger partial charge in [-0.15, -0.1) is 0 Å². The van der Waals surface area contributed by atoms with Gasteiger partial charge in [-0.05, 0) is 49.4 Å². The standard InChI is InChI=1S/C13H14O2/c14-13-7-4-9-8-11(5-6-12(9)13)15-10-2-1-3-10/h5-6,8,10H,1-4,7H2. The number of carbonyl (C=O) groups excluding carboxylic acids is 1. The molecule has 0 radical (unpaired) electrons. The van der Waals surface area contributed by atoms with Crippen molar-refractivity contribution in [2.45, 2.75) is 38.2 Å². The summed E-state index contributed by atoms with van der Waals surface area (Å²) >= 11 is 0. The predicted molar refractivity (Wildman–Crippen MR) is 57.4 cm³/mol. The van der Waals surface area contributed by atoms with Crippen LogP contribution in [0.25, 0.3) is 0 Å². The molecule has 15 heavy (non-hydrogen) atoms. The first-order valence-electron chi connectivity index (χ1n) is 5.66. The van der Waals surface area contributed by atoms with Crippen molar-refractivity contribution < 1.29 is 9.53 Å². The van der Waals surface area contributed by atoms with E-state index in [1.165, 1.54) is 19.3 Å². The van der Waals surface area contributed by atoms with Crippen LogP contribution >= 0.6 is 0 Å². The number of ketones is 1. The third-order valence-corrected chi connectivity index (χ3v) is 3.35.